The number of aryl methyl sites for hydroxylation is 1. The van der Waals surface area contributed by atoms with Gasteiger partial charge in [-0.2, -0.15) is 0 Å². The Hall–Kier alpha value is -1.98. The van der Waals surface area contributed by atoms with Crippen LogP contribution in [0.25, 0.3) is 0 Å². The normalized spacial score (nSPS) is 24.0. The highest BCUT2D eigenvalue weighted by Gasteiger charge is 2.34. The molecular formula is C19H28N4O2. The van der Waals surface area contributed by atoms with Crippen LogP contribution in [0, 0.1) is 18.8 Å². The van der Waals surface area contributed by atoms with Crippen molar-refractivity contribution in [3.05, 3.63) is 23.8 Å². The van der Waals surface area contributed by atoms with Gasteiger partial charge in [-0.3, -0.25) is 14.6 Å². The number of hydrogen-bond donors (Lipinski definition) is 2. The number of rotatable bonds is 5. The Bertz CT molecular complexity index is 596. The van der Waals surface area contributed by atoms with Crippen LogP contribution < -0.4 is 10.6 Å². The summed E-state index contributed by atoms with van der Waals surface area (Å²) in [7, 11) is 0. The van der Waals surface area contributed by atoms with Crippen LogP contribution in [0.4, 0.5) is 0 Å². The molecule has 2 aliphatic rings. The standard InChI is InChI=1S/C19H28N4O2/c1-13-10-21-17(12-20-13)19(25)23-16-9-5-8-15(16)18(24)22-11-14-6-3-2-4-7-14/h10,12,14-16H,2-9,11H2,1H3,(H,22,24)(H,23,25)/t15-,16+/m0/s1. The van der Waals surface area contributed by atoms with E-state index in [-0.39, 0.29) is 23.8 Å². The number of carbonyl (C=O) groups is 2. The molecule has 0 radical (unpaired) electrons. The molecule has 0 saturated heterocycles. The molecule has 1 aromatic rings. The van der Waals surface area contributed by atoms with Crippen molar-refractivity contribution in [1.29, 1.82) is 0 Å². The molecule has 0 bridgehead atoms. The highest BCUT2D eigenvalue weighted by Crippen LogP contribution is 2.27. The number of aromatic nitrogens is 2. The summed E-state index contributed by atoms with van der Waals surface area (Å²) in [4.78, 5) is 33.1. The molecule has 2 atom stereocenters. The fourth-order valence-electron chi connectivity index (χ4n) is 3.97. The van der Waals surface area contributed by atoms with Gasteiger partial charge in [0.2, 0.25) is 5.91 Å². The molecule has 2 amide bonds. The van der Waals surface area contributed by atoms with Crippen LogP contribution in [0.3, 0.4) is 0 Å². The second-order valence-electron chi connectivity index (χ2n) is 7.41. The summed E-state index contributed by atoms with van der Waals surface area (Å²) in [5, 5.41) is 6.11. The zero-order valence-electron chi connectivity index (χ0n) is 15.0. The van der Waals surface area contributed by atoms with Gasteiger partial charge in [0, 0.05) is 18.8 Å². The van der Waals surface area contributed by atoms with Crippen molar-refractivity contribution in [3.8, 4) is 0 Å². The Kier molecular flexibility index (Phi) is 6.00. The highest BCUT2D eigenvalue weighted by molar-refractivity contribution is 5.92. The topological polar surface area (TPSA) is 84.0 Å². The Morgan fingerprint density at radius 2 is 1.84 bits per heavy atom. The van der Waals surface area contributed by atoms with E-state index >= 15 is 0 Å². The predicted molar refractivity (Wildman–Crippen MR) is 94.9 cm³/mol. The molecule has 3 rings (SSSR count). The van der Waals surface area contributed by atoms with E-state index in [0.29, 0.717) is 11.6 Å². The van der Waals surface area contributed by atoms with Crippen LogP contribution in [-0.2, 0) is 4.79 Å². The Morgan fingerprint density at radius 3 is 2.56 bits per heavy atom. The van der Waals surface area contributed by atoms with E-state index in [1.807, 2.05) is 6.92 Å². The van der Waals surface area contributed by atoms with Crippen molar-refractivity contribution in [2.75, 3.05) is 6.54 Å². The first-order valence-electron chi connectivity index (χ1n) is 9.50. The second kappa shape index (κ2) is 8.41. The van der Waals surface area contributed by atoms with Crippen LogP contribution >= 0.6 is 0 Å². The lowest BCUT2D eigenvalue weighted by Gasteiger charge is -2.24. The summed E-state index contributed by atoms with van der Waals surface area (Å²) >= 11 is 0. The first-order valence-corrected chi connectivity index (χ1v) is 9.50. The summed E-state index contributed by atoms with van der Waals surface area (Å²) in [6, 6.07) is -0.109. The van der Waals surface area contributed by atoms with E-state index in [0.717, 1.165) is 31.5 Å². The number of carbonyl (C=O) groups excluding carboxylic acids is 2. The van der Waals surface area contributed by atoms with Gasteiger partial charge in [0.25, 0.3) is 5.91 Å². The van der Waals surface area contributed by atoms with Crippen molar-refractivity contribution in [2.24, 2.45) is 11.8 Å². The number of nitrogens with one attached hydrogen (secondary N) is 2. The minimum atomic E-state index is -0.246. The van der Waals surface area contributed by atoms with Gasteiger partial charge in [0.1, 0.15) is 5.69 Å². The maximum absolute atomic E-state index is 12.6. The van der Waals surface area contributed by atoms with Gasteiger partial charge in [-0.15, -0.1) is 0 Å². The Labute approximate surface area is 149 Å². The second-order valence-corrected chi connectivity index (χ2v) is 7.41. The van der Waals surface area contributed by atoms with Gasteiger partial charge in [-0.05, 0) is 38.5 Å². The third kappa shape index (κ3) is 4.77. The fourth-order valence-corrected chi connectivity index (χ4v) is 3.97. The predicted octanol–water partition coefficient (Wildman–Crippen LogP) is 2.38. The fraction of sp³-hybridized carbons (Fsp3) is 0.684. The quantitative estimate of drug-likeness (QED) is 0.859. The lowest BCUT2D eigenvalue weighted by molar-refractivity contribution is -0.125. The summed E-state index contributed by atoms with van der Waals surface area (Å²) in [5.41, 5.74) is 1.08. The number of amides is 2. The minimum absolute atomic E-state index is 0.0864. The lowest BCUT2D eigenvalue weighted by atomic mass is 9.89. The Morgan fingerprint density at radius 1 is 1.04 bits per heavy atom. The largest absolute Gasteiger partial charge is 0.356 e. The SMILES string of the molecule is Cc1cnc(C(=O)N[C@@H]2CCC[C@@H]2C(=O)NCC2CCCCC2)cn1. The maximum Gasteiger partial charge on any atom is 0.271 e. The number of hydrogen-bond acceptors (Lipinski definition) is 4. The third-order valence-electron chi connectivity index (χ3n) is 5.47. The van der Waals surface area contributed by atoms with Crippen molar-refractivity contribution < 1.29 is 9.59 Å². The van der Waals surface area contributed by atoms with E-state index in [4.69, 9.17) is 0 Å². The molecule has 6 nitrogen and oxygen atoms in total. The molecule has 6 heteroatoms. The monoisotopic (exact) mass is 344 g/mol. The Balaban J connectivity index is 1.51. The van der Waals surface area contributed by atoms with Crippen LogP contribution in [-0.4, -0.2) is 34.4 Å². The molecule has 1 aromatic heterocycles. The first-order chi connectivity index (χ1) is 12.1. The van der Waals surface area contributed by atoms with E-state index in [1.165, 1.54) is 38.3 Å². The van der Waals surface area contributed by atoms with Gasteiger partial charge >= 0.3 is 0 Å². The van der Waals surface area contributed by atoms with Gasteiger partial charge < -0.3 is 10.6 Å². The van der Waals surface area contributed by atoms with Gasteiger partial charge in [-0.1, -0.05) is 25.7 Å². The summed E-state index contributed by atoms with van der Waals surface area (Å²) in [5.74, 6) is 0.328. The molecule has 0 unspecified atom stereocenters. The smallest absolute Gasteiger partial charge is 0.271 e. The average molecular weight is 344 g/mol. The minimum Gasteiger partial charge on any atom is -0.356 e. The molecule has 2 aliphatic carbocycles. The highest BCUT2D eigenvalue weighted by atomic mass is 16.2. The number of nitrogens with zero attached hydrogens (tertiary/aromatic N) is 2. The molecule has 0 aromatic carbocycles. The summed E-state index contributed by atoms with van der Waals surface area (Å²) in [6.07, 6.45) is 12.0. The summed E-state index contributed by atoms with van der Waals surface area (Å²) < 4.78 is 0. The van der Waals surface area contributed by atoms with Crippen LogP contribution in [0.2, 0.25) is 0 Å². The van der Waals surface area contributed by atoms with Crippen LogP contribution in [0.5, 0.6) is 0 Å². The molecule has 25 heavy (non-hydrogen) atoms. The van der Waals surface area contributed by atoms with Gasteiger partial charge in [-0.25, -0.2) is 4.98 Å². The van der Waals surface area contributed by atoms with Gasteiger partial charge in [0.05, 0.1) is 17.8 Å². The molecule has 1 heterocycles. The average Bonchev–Trinajstić information content (AvgIpc) is 3.09. The van der Waals surface area contributed by atoms with Crippen molar-refractivity contribution in [2.45, 2.75) is 64.3 Å². The lowest BCUT2D eigenvalue weighted by Crippen LogP contribution is -2.45. The first kappa shape index (κ1) is 17.8. The molecule has 2 saturated carbocycles. The molecule has 0 spiro atoms. The zero-order valence-corrected chi connectivity index (χ0v) is 15.0. The molecule has 136 valence electrons. The van der Waals surface area contributed by atoms with E-state index < -0.39 is 0 Å². The van der Waals surface area contributed by atoms with E-state index in [1.54, 1.807) is 6.20 Å². The van der Waals surface area contributed by atoms with Crippen LogP contribution in [0.15, 0.2) is 12.4 Å². The van der Waals surface area contributed by atoms with E-state index in [9.17, 15) is 9.59 Å². The van der Waals surface area contributed by atoms with Crippen molar-refractivity contribution in [1.82, 2.24) is 20.6 Å². The molecule has 2 N–H and O–H groups in total. The zero-order chi connectivity index (χ0) is 17.6. The molecular weight excluding hydrogens is 316 g/mol. The maximum atomic E-state index is 12.6. The van der Waals surface area contributed by atoms with Crippen molar-refractivity contribution >= 4 is 11.8 Å². The van der Waals surface area contributed by atoms with Crippen molar-refractivity contribution in [3.63, 3.8) is 0 Å². The molecule has 2 fully saturated rings. The molecule has 0 aliphatic heterocycles. The van der Waals surface area contributed by atoms with E-state index in [2.05, 4.69) is 20.6 Å². The van der Waals surface area contributed by atoms with Gasteiger partial charge in [0.15, 0.2) is 0 Å². The third-order valence-corrected chi connectivity index (χ3v) is 5.47. The van der Waals surface area contributed by atoms with Crippen LogP contribution in [0.1, 0.15) is 67.5 Å². The summed E-state index contributed by atoms with van der Waals surface area (Å²) in [6.45, 7) is 2.61.